The van der Waals surface area contributed by atoms with Crippen molar-refractivity contribution in [2.75, 3.05) is 13.2 Å². The highest BCUT2D eigenvalue weighted by Gasteiger charge is 2.32. The summed E-state index contributed by atoms with van der Waals surface area (Å²) in [5.41, 5.74) is 0. The van der Waals surface area contributed by atoms with Gasteiger partial charge in [-0.2, -0.15) is 9.69 Å². The van der Waals surface area contributed by atoms with Crippen molar-refractivity contribution >= 4 is 7.82 Å². The summed E-state index contributed by atoms with van der Waals surface area (Å²) >= 11 is 0. The summed E-state index contributed by atoms with van der Waals surface area (Å²) in [6, 6.07) is 0.283. The molecule has 0 aliphatic heterocycles. The number of hydrogen-bond donors (Lipinski definition) is 1. The van der Waals surface area contributed by atoms with Gasteiger partial charge in [-0.05, 0) is 26.2 Å². The van der Waals surface area contributed by atoms with Gasteiger partial charge in [0.05, 0.1) is 6.61 Å². The van der Waals surface area contributed by atoms with E-state index in [1.165, 1.54) is 6.42 Å². The molecule has 0 amide bonds. The van der Waals surface area contributed by atoms with E-state index < -0.39 is 7.82 Å². The molecule has 1 rings (SSSR count). The van der Waals surface area contributed by atoms with Gasteiger partial charge in [0.25, 0.3) is 0 Å². The van der Waals surface area contributed by atoms with E-state index in [-0.39, 0.29) is 12.6 Å². The highest BCUT2D eigenvalue weighted by Crippen LogP contribution is 2.45. The minimum atomic E-state index is -3.89. The van der Waals surface area contributed by atoms with Gasteiger partial charge in [-0.1, -0.05) is 13.3 Å². The molecule has 90 valence electrons. The lowest BCUT2D eigenvalue weighted by Gasteiger charge is -2.36. The van der Waals surface area contributed by atoms with E-state index in [9.17, 15) is 9.46 Å². The van der Waals surface area contributed by atoms with Crippen LogP contribution in [-0.2, 0) is 13.7 Å². The lowest BCUT2D eigenvalue weighted by molar-refractivity contribution is -0.137. The van der Waals surface area contributed by atoms with Crippen molar-refractivity contribution in [2.24, 2.45) is 0 Å². The topological polar surface area (TPSA) is 59.0 Å². The van der Waals surface area contributed by atoms with Crippen molar-refractivity contribution in [1.82, 2.24) is 5.06 Å². The van der Waals surface area contributed by atoms with Gasteiger partial charge < -0.3 is 4.89 Å². The molecule has 1 aliphatic rings. The molecule has 1 unspecified atom stereocenters. The van der Waals surface area contributed by atoms with Crippen LogP contribution in [0, 0.1) is 0 Å². The lowest BCUT2D eigenvalue weighted by atomic mass is 9.93. The van der Waals surface area contributed by atoms with E-state index in [2.05, 4.69) is 4.52 Å². The predicted molar refractivity (Wildman–Crippen MR) is 57.2 cm³/mol. The third kappa shape index (κ3) is 4.21. The lowest BCUT2D eigenvalue weighted by Crippen LogP contribution is -2.40. The minimum Gasteiger partial charge on any atom is -0.301 e. The molecule has 0 heterocycles. The monoisotopic (exact) mass is 237 g/mol. The summed E-state index contributed by atoms with van der Waals surface area (Å²) in [4.78, 5) is 9.35. The Bertz CT molecular complexity index is 232. The zero-order valence-corrected chi connectivity index (χ0v) is 10.3. The van der Waals surface area contributed by atoms with Crippen molar-refractivity contribution in [3.8, 4) is 0 Å². The van der Waals surface area contributed by atoms with Gasteiger partial charge in [-0.25, -0.2) is 4.57 Å². The summed E-state index contributed by atoms with van der Waals surface area (Å²) < 4.78 is 21.1. The van der Waals surface area contributed by atoms with Crippen LogP contribution in [0.1, 0.15) is 39.5 Å². The molecule has 1 N–H and O–H groups in total. The molecule has 0 radical (unpaired) electrons. The van der Waals surface area contributed by atoms with E-state index in [0.717, 1.165) is 19.3 Å². The molecule has 1 fully saturated rings. The molecule has 0 aromatic rings. The van der Waals surface area contributed by atoms with Gasteiger partial charge >= 0.3 is 7.82 Å². The minimum absolute atomic E-state index is 0.179. The Kier molecular flexibility index (Phi) is 5.23. The first-order valence-electron chi connectivity index (χ1n) is 5.52. The van der Waals surface area contributed by atoms with E-state index in [0.29, 0.717) is 6.54 Å². The molecule has 6 heteroatoms. The first-order chi connectivity index (χ1) is 7.09. The SMILES string of the molecule is CCCN(OP(=O)(O)OCC)C1CCC1. The Morgan fingerprint density at radius 3 is 2.53 bits per heavy atom. The fraction of sp³-hybridized carbons (Fsp3) is 1.00. The van der Waals surface area contributed by atoms with Crippen molar-refractivity contribution in [3.63, 3.8) is 0 Å². The predicted octanol–water partition coefficient (Wildman–Crippen LogP) is 2.32. The van der Waals surface area contributed by atoms with E-state index >= 15 is 0 Å². The van der Waals surface area contributed by atoms with Crippen LogP contribution in [-0.4, -0.2) is 29.2 Å². The number of hydrogen-bond acceptors (Lipinski definition) is 4. The van der Waals surface area contributed by atoms with Gasteiger partial charge in [0.1, 0.15) is 0 Å². The zero-order valence-electron chi connectivity index (χ0n) is 9.39. The second kappa shape index (κ2) is 5.97. The standard InChI is InChI=1S/C9H20NO4P/c1-3-8-10(9-6-5-7-9)14-15(11,12)13-4-2/h9H,3-8H2,1-2H3,(H,11,12). The van der Waals surface area contributed by atoms with Crippen molar-refractivity contribution < 1.29 is 18.6 Å². The van der Waals surface area contributed by atoms with Gasteiger partial charge in [0.2, 0.25) is 0 Å². The van der Waals surface area contributed by atoms with Crippen LogP contribution in [0.15, 0.2) is 0 Å². The average molecular weight is 237 g/mol. The third-order valence-electron chi connectivity index (χ3n) is 2.43. The number of phosphoric acid groups is 1. The summed E-state index contributed by atoms with van der Waals surface area (Å²) in [5.74, 6) is 0. The van der Waals surface area contributed by atoms with E-state index in [1.807, 2.05) is 6.92 Å². The molecule has 0 bridgehead atoms. The maximum atomic E-state index is 11.4. The molecule has 0 aromatic carbocycles. The number of phosphoric ester groups is 1. The van der Waals surface area contributed by atoms with Crippen molar-refractivity contribution in [3.05, 3.63) is 0 Å². The van der Waals surface area contributed by atoms with Gasteiger partial charge in [0, 0.05) is 12.6 Å². The molecule has 15 heavy (non-hydrogen) atoms. The van der Waals surface area contributed by atoms with Crippen molar-refractivity contribution in [1.29, 1.82) is 0 Å². The average Bonchev–Trinajstić information content (AvgIpc) is 1.99. The number of nitrogens with zero attached hydrogens (tertiary/aromatic N) is 1. The Morgan fingerprint density at radius 1 is 1.47 bits per heavy atom. The maximum absolute atomic E-state index is 11.4. The zero-order chi connectivity index (χ0) is 11.3. The van der Waals surface area contributed by atoms with Crippen LogP contribution >= 0.6 is 7.82 Å². The van der Waals surface area contributed by atoms with Gasteiger partial charge in [0.15, 0.2) is 0 Å². The molecule has 5 nitrogen and oxygen atoms in total. The Hall–Kier alpha value is 0.0700. The Balaban J connectivity index is 2.45. The number of rotatable bonds is 7. The van der Waals surface area contributed by atoms with E-state index in [4.69, 9.17) is 4.62 Å². The Morgan fingerprint density at radius 2 is 2.13 bits per heavy atom. The second-order valence-electron chi connectivity index (χ2n) is 3.69. The summed E-state index contributed by atoms with van der Waals surface area (Å²) in [6.45, 7) is 4.53. The Labute approximate surface area is 90.9 Å². The van der Waals surface area contributed by atoms with Crippen LogP contribution in [0.25, 0.3) is 0 Å². The highest BCUT2D eigenvalue weighted by molar-refractivity contribution is 7.47. The van der Waals surface area contributed by atoms with Crippen LogP contribution in [0.3, 0.4) is 0 Å². The molecular formula is C9H20NO4P. The van der Waals surface area contributed by atoms with Crippen LogP contribution < -0.4 is 0 Å². The molecule has 0 aromatic heterocycles. The summed E-state index contributed by atoms with van der Waals surface area (Å²) in [5, 5.41) is 1.61. The van der Waals surface area contributed by atoms with Gasteiger partial charge in [-0.15, -0.1) is 0 Å². The molecule has 1 saturated carbocycles. The first-order valence-corrected chi connectivity index (χ1v) is 7.02. The highest BCUT2D eigenvalue weighted by atomic mass is 31.2. The fourth-order valence-electron chi connectivity index (χ4n) is 1.50. The van der Waals surface area contributed by atoms with Crippen LogP contribution in [0.2, 0.25) is 0 Å². The normalized spacial score (nSPS) is 21.3. The van der Waals surface area contributed by atoms with Crippen LogP contribution in [0.5, 0.6) is 0 Å². The molecule has 0 spiro atoms. The molecule has 0 saturated heterocycles. The molecule has 1 atom stereocenters. The maximum Gasteiger partial charge on any atom is 0.489 e. The summed E-state index contributed by atoms with van der Waals surface area (Å²) in [7, 11) is -3.89. The third-order valence-corrected chi connectivity index (χ3v) is 3.43. The number of hydroxylamine groups is 2. The molecular weight excluding hydrogens is 217 g/mol. The van der Waals surface area contributed by atoms with Crippen molar-refractivity contribution in [2.45, 2.75) is 45.6 Å². The van der Waals surface area contributed by atoms with E-state index in [1.54, 1.807) is 12.0 Å². The smallest absolute Gasteiger partial charge is 0.301 e. The quantitative estimate of drug-likeness (QED) is 0.544. The second-order valence-corrected chi connectivity index (χ2v) is 5.05. The fourth-order valence-corrected chi connectivity index (χ4v) is 2.36. The van der Waals surface area contributed by atoms with Gasteiger partial charge in [-0.3, -0.25) is 4.52 Å². The first kappa shape index (κ1) is 13.1. The largest absolute Gasteiger partial charge is 0.489 e. The summed E-state index contributed by atoms with van der Waals surface area (Å²) in [6.07, 6.45) is 4.12. The van der Waals surface area contributed by atoms with Crippen LogP contribution in [0.4, 0.5) is 0 Å². The molecule has 1 aliphatic carbocycles.